The maximum absolute atomic E-state index is 11.9. The summed E-state index contributed by atoms with van der Waals surface area (Å²) in [5.41, 5.74) is 0. The van der Waals surface area contributed by atoms with Gasteiger partial charge in [-0.25, -0.2) is 4.98 Å². The van der Waals surface area contributed by atoms with Crippen molar-refractivity contribution in [2.24, 2.45) is 5.92 Å². The summed E-state index contributed by atoms with van der Waals surface area (Å²) in [5.74, 6) is 1.08. The number of hydrogen-bond acceptors (Lipinski definition) is 4. The second kappa shape index (κ2) is 7.45. The van der Waals surface area contributed by atoms with E-state index in [1.54, 1.807) is 6.20 Å². The lowest BCUT2D eigenvalue weighted by Gasteiger charge is -2.32. The molecule has 0 radical (unpaired) electrons. The fourth-order valence-electron chi connectivity index (χ4n) is 2.36. The average molecular weight is 298 g/mol. The van der Waals surface area contributed by atoms with E-state index in [4.69, 9.17) is 16.7 Å². The lowest BCUT2D eigenvalue weighted by Crippen LogP contribution is -2.41. The highest BCUT2D eigenvalue weighted by Gasteiger charge is 2.25. The van der Waals surface area contributed by atoms with E-state index in [2.05, 4.69) is 15.2 Å². The summed E-state index contributed by atoms with van der Waals surface area (Å²) in [6, 6.07) is 3.74. The summed E-state index contributed by atoms with van der Waals surface area (Å²) in [4.78, 5) is 18.4. The molecule has 1 aromatic rings. The van der Waals surface area contributed by atoms with Gasteiger partial charge in [-0.1, -0.05) is 11.6 Å². The number of aromatic nitrogens is 1. The van der Waals surface area contributed by atoms with Gasteiger partial charge in [-0.3, -0.25) is 4.79 Å². The maximum Gasteiger partial charge on any atom is 0.223 e. The van der Waals surface area contributed by atoms with Crippen molar-refractivity contribution in [3.05, 3.63) is 23.4 Å². The first-order valence-electron chi connectivity index (χ1n) is 6.96. The lowest BCUT2D eigenvalue weighted by atomic mass is 9.96. The molecule has 1 fully saturated rings. The van der Waals surface area contributed by atoms with Crippen LogP contribution in [0.25, 0.3) is 0 Å². The summed E-state index contributed by atoms with van der Waals surface area (Å²) < 4.78 is 0. The van der Waals surface area contributed by atoms with Gasteiger partial charge in [-0.05, 0) is 31.4 Å². The van der Waals surface area contributed by atoms with Gasteiger partial charge in [0.25, 0.3) is 0 Å². The number of rotatable bonds is 5. The standard InChI is InChI=1S/C14H20ClN3O2/c15-12-2-3-13(17-10-12)18-7-4-11(5-8-18)14(20)16-6-1-9-19/h2-3,10-11,19H,1,4-9H2,(H,16,20). The molecule has 20 heavy (non-hydrogen) atoms. The van der Waals surface area contributed by atoms with E-state index in [1.807, 2.05) is 12.1 Å². The van der Waals surface area contributed by atoms with Crippen LogP contribution in [0.5, 0.6) is 0 Å². The molecule has 1 aliphatic rings. The highest BCUT2D eigenvalue weighted by atomic mass is 35.5. The second-order valence-electron chi connectivity index (χ2n) is 4.96. The number of anilines is 1. The molecule has 2 N–H and O–H groups in total. The zero-order valence-corrected chi connectivity index (χ0v) is 12.1. The largest absolute Gasteiger partial charge is 0.396 e. The molecule has 0 atom stereocenters. The van der Waals surface area contributed by atoms with Gasteiger partial charge in [-0.2, -0.15) is 0 Å². The number of halogens is 1. The molecule has 6 heteroatoms. The minimum absolute atomic E-state index is 0.0669. The van der Waals surface area contributed by atoms with Crippen LogP contribution >= 0.6 is 11.6 Å². The lowest BCUT2D eigenvalue weighted by molar-refractivity contribution is -0.125. The molecule has 110 valence electrons. The molecule has 0 aromatic carbocycles. The van der Waals surface area contributed by atoms with Crippen LogP contribution in [0.4, 0.5) is 5.82 Å². The van der Waals surface area contributed by atoms with E-state index < -0.39 is 0 Å². The Bertz CT molecular complexity index is 431. The minimum atomic E-state index is 0.0669. The number of nitrogens with zero attached hydrogens (tertiary/aromatic N) is 2. The van der Waals surface area contributed by atoms with Crippen LogP contribution in [-0.4, -0.2) is 42.2 Å². The van der Waals surface area contributed by atoms with Gasteiger partial charge in [0.05, 0.1) is 5.02 Å². The van der Waals surface area contributed by atoms with Crippen LogP contribution in [0.2, 0.25) is 5.02 Å². The summed E-state index contributed by atoms with van der Waals surface area (Å²) >= 11 is 5.82. The minimum Gasteiger partial charge on any atom is -0.396 e. The first kappa shape index (κ1) is 15.1. The maximum atomic E-state index is 11.9. The van der Waals surface area contributed by atoms with Crippen LogP contribution in [0.3, 0.4) is 0 Å². The van der Waals surface area contributed by atoms with Crippen LogP contribution < -0.4 is 10.2 Å². The van der Waals surface area contributed by atoms with E-state index in [1.165, 1.54) is 0 Å². The van der Waals surface area contributed by atoms with Crippen molar-refractivity contribution in [1.29, 1.82) is 0 Å². The van der Waals surface area contributed by atoms with E-state index in [0.29, 0.717) is 18.0 Å². The number of hydrogen-bond donors (Lipinski definition) is 2. The van der Waals surface area contributed by atoms with Gasteiger partial charge >= 0.3 is 0 Å². The molecule has 2 rings (SSSR count). The van der Waals surface area contributed by atoms with Crippen molar-refractivity contribution in [1.82, 2.24) is 10.3 Å². The Morgan fingerprint density at radius 3 is 2.80 bits per heavy atom. The Morgan fingerprint density at radius 2 is 2.20 bits per heavy atom. The number of aliphatic hydroxyl groups excluding tert-OH is 1. The fraction of sp³-hybridized carbons (Fsp3) is 0.571. The van der Waals surface area contributed by atoms with Gasteiger partial charge in [0, 0.05) is 38.4 Å². The molecule has 1 aromatic heterocycles. The quantitative estimate of drug-likeness (QED) is 0.808. The number of nitrogens with one attached hydrogen (secondary N) is 1. The van der Waals surface area contributed by atoms with E-state index in [0.717, 1.165) is 31.7 Å². The molecule has 0 bridgehead atoms. The molecule has 1 saturated heterocycles. The van der Waals surface area contributed by atoms with Gasteiger partial charge < -0.3 is 15.3 Å². The molecule has 0 aliphatic carbocycles. The SMILES string of the molecule is O=C(NCCCO)C1CCN(c2ccc(Cl)cn2)CC1. The molecule has 0 unspecified atom stereocenters. The molecule has 1 amide bonds. The van der Waals surface area contributed by atoms with E-state index in [9.17, 15) is 4.79 Å². The van der Waals surface area contributed by atoms with E-state index >= 15 is 0 Å². The third-order valence-electron chi connectivity index (χ3n) is 3.54. The number of carbonyl (C=O) groups is 1. The number of amides is 1. The van der Waals surface area contributed by atoms with Gasteiger partial charge in [-0.15, -0.1) is 0 Å². The fourth-order valence-corrected chi connectivity index (χ4v) is 2.47. The molecule has 0 saturated carbocycles. The van der Waals surface area contributed by atoms with Crippen LogP contribution in [0.15, 0.2) is 18.3 Å². The first-order chi connectivity index (χ1) is 9.70. The third kappa shape index (κ3) is 4.08. The third-order valence-corrected chi connectivity index (χ3v) is 3.76. The molecular formula is C14H20ClN3O2. The molecule has 0 spiro atoms. The normalized spacial score (nSPS) is 16.2. The summed E-state index contributed by atoms with van der Waals surface area (Å²) in [5, 5.41) is 12.2. The topological polar surface area (TPSA) is 65.5 Å². The highest BCUT2D eigenvalue weighted by molar-refractivity contribution is 6.30. The zero-order valence-electron chi connectivity index (χ0n) is 11.4. The smallest absolute Gasteiger partial charge is 0.223 e. The van der Waals surface area contributed by atoms with Crippen molar-refractivity contribution in [2.75, 3.05) is 31.1 Å². The predicted octanol–water partition coefficient (Wildman–Crippen LogP) is 1.45. The number of carbonyl (C=O) groups excluding carboxylic acids is 1. The zero-order chi connectivity index (χ0) is 14.4. The first-order valence-corrected chi connectivity index (χ1v) is 7.33. The molecular weight excluding hydrogens is 278 g/mol. The predicted molar refractivity (Wildman–Crippen MR) is 78.9 cm³/mol. The average Bonchev–Trinajstić information content (AvgIpc) is 2.48. The summed E-state index contributed by atoms with van der Waals surface area (Å²) in [6.45, 7) is 2.31. The number of aliphatic hydroxyl groups is 1. The van der Waals surface area contributed by atoms with Crippen molar-refractivity contribution in [3.63, 3.8) is 0 Å². The van der Waals surface area contributed by atoms with Crippen molar-refractivity contribution in [2.45, 2.75) is 19.3 Å². The summed E-state index contributed by atoms with van der Waals surface area (Å²) in [7, 11) is 0. The van der Waals surface area contributed by atoms with Crippen molar-refractivity contribution in [3.8, 4) is 0 Å². The molecule has 5 nitrogen and oxygen atoms in total. The Morgan fingerprint density at radius 1 is 1.45 bits per heavy atom. The Labute approximate surface area is 123 Å². The summed E-state index contributed by atoms with van der Waals surface area (Å²) in [6.07, 6.45) is 3.91. The Kier molecular flexibility index (Phi) is 5.61. The van der Waals surface area contributed by atoms with Gasteiger partial charge in [0.1, 0.15) is 5.82 Å². The monoisotopic (exact) mass is 297 g/mol. The van der Waals surface area contributed by atoms with E-state index in [-0.39, 0.29) is 18.4 Å². The molecule has 1 aliphatic heterocycles. The Balaban J connectivity index is 1.80. The number of piperidine rings is 1. The van der Waals surface area contributed by atoms with Crippen LogP contribution in [0, 0.1) is 5.92 Å². The van der Waals surface area contributed by atoms with Gasteiger partial charge in [0.15, 0.2) is 0 Å². The van der Waals surface area contributed by atoms with Crippen LogP contribution in [-0.2, 0) is 4.79 Å². The van der Waals surface area contributed by atoms with Crippen LogP contribution in [0.1, 0.15) is 19.3 Å². The van der Waals surface area contributed by atoms with Crippen molar-refractivity contribution >= 4 is 23.3 Å². The Hall–Kier alpha value is -1.33. The number of pyridine rings is 1. The van der Waals surface area contributed by atoms with Crippen molar-refractivity contribution < 1.29 is 9.90 Å². The second-order valence-corrected chi connectivity index (χ2v) is 5.40. The molecule has 2 heterocycles. The highest BCUT2D eigenvalue weighted by Crippen LogP contribution is 2.22. The van der Waals surface area contributed by atoms with Gasteiger partial charge in [0.2, 0.25) is 5.91 Å².